The zero-order valence-corrected chi connectivity index (χ0v) is 17.3. The van der Waals surface area contributed by atoms with Crippen LogP contribution in [0.3, 0.4) is 0 Å². The zero-order valence-electron chi connectivity index (χ0n) is 16.5. The molecule has 8 heteroatoms. The van der Waals surface area contributed by atoms with Crippen LogP contribution in [-0.4, -0.2) is 51.2 Å². The molecule has 1 aromatic rings. The second-order valence-corrected chi connectivity index (χ2v) is 9.97. The van der Waals surface area contributed by atoms with Gasteiger partial charge in [-0.05, 0) is 63.6 Å². The van der Waals surface area contributed by atoms with Gasteiger partial charge in [-0.25, -0.2) is 17.5 Å². The first-order valence-electron chi connectivity index (χ1n) is 9.36. The van der Waals surface area contributed by atoms with Crippen LogP contribution < -0.4 is 10.0 Å². The molecule has 0 heterocycles. The molecule has 0 saturated heterocycles. The molecule has 1 aliphatic carbocycles. The summed E-state index contributed by atoms with van der Waals surface area (Å²) >= 11 is 0. The van der Waals surface area contributed by atoms with Crippen LogP contribution in [0.2, 0.25) is 0 Å². The van der Waals surface area contributed by atoms with Crippen molar-refractivity contribution in [2.24, 2.45) is 5.92 Å². The standard InChI is InChI=1S/C19H30FN3O3S/c1-13(2)27(25,26)22-15-7-5-14(6-8-15)12-21-16-9-10-17(18(20)11-16)19(24)23(3)4/h9-11,13-15,21-22H,5-8,12H2,1-4H3/t14-,15-. The summed E-state index contributed by atoms with van der Waals surface area (Å²) in [5.41, 5.74) is 0.703. The lowest BCUT2D eigenvalue weighted by atomic mass is 9.86. The Hall–Kier alpha value is -1.67. The molecule has 6 nitrogen and oxygen atoms in total. The minimum atomic E-state index is -3.23. The second-order valence-electron chi connectivity index (χ2n) is 7.70. The van der Waals surface area contributed by atoms with E-state index in [1.165, 1.54) is 17.0 Å². The molecule has 0 atom stereocenters. The number of hydrogen-bond acceptors (Lipinski definition) is 4. The van der Waals surface area contributed by atoms with Crippen molar-refractivity contribution in [3.8, 4) is 0 Å². The Kier molecular flexibility index (Phi) is 7.22. The van der Waals surface area contributed by atoms with E-state index in [1.807, 2.05) is 0 Å². The van der Waals surface area contributed by atoms with E-state index in [9.17, 15) is 17.6 Å². The van der Waals surface area contributed by atoms with Crippen molar-refractivity contribution in [3.63, 3.8) is 0 Å². The van der Waals surface area contributed by atoms with Crippen molar-refractivity contribution >= 4 is 21.6 Å². The van der Waals surface area contributed by atoms with Crippen LogP contribution in [0.1, 0.15) is 49.9 Å². The molecule has 27 heavy (non-hydrogen) atoms. The maximum atomic E-state index is 14.1. The number of nitrogens with one attached hydrogen (secondary N) is 2. The second kappa shape index (κ2) is 9.01. The third-order valence-corrected chi connectivity index (χ3v) is 6.90. The van der Waals surface area contributed by atoms with Gasteiger partial charge < -0.3 is 10.2 Å². The average Bonchev–Trinajstić information content (AvgIpc) is 2.60. The SMILES string of the molecule is CC(C)S(=O)(=O)N[C@H]1CC[C@H](CNc2ccc(C(=O)N(C)C)c(F)c2)CC1. The summed E-state index contributed by atoms with van der Waals surface area (Å²) in [7, 11) is -0.0533. The van der Waals surface area contributed by atoms with Crippen molar-refractivity contribution in [2.45, 2.75) is 50.8 Å². The van der Waals surface area contributed by atoms with Gasteiger partial charge in [0.25, 0.3) is 5.91 Å². The van der Waals surface area contributed by atoms with Crippen LogP contribution >= 0.6 is 0 Å². The summed E-state index contributed by atoms with van der Waals surface area (Å²) in [6, 6.07) is 4.56. The van der Waals surface area contributed by atoms with Gasteiger partial charge in [-0.1, -0.05) is 0 Å². The molecule has 1 fully saturated rings. The van der Waals surface area contributed by atoms with Crippen molar-refractivity contribution in [3.05, 3.63) is 29.6 Å². The summed E-state index contributed by atoms with van der Waals surface area (Å²) in [4.78, 5) is 13.2. The monoisotopic (exact) mass is 399 g/mol. The topological polar surface area (TPSA) is 78.5 Å². The number of halogens is 1. The van der Waals surface area contributed by atoms with E-state index < -0.39 is 21.1 Å². The Labute approximate surface area is 161 Å². The molecule has 0 aromatic heterocycles. The highest BCUT2D eigenvalue weighted by molar-refractivity contribution is 7.90. The largest absolute Gasteiger partial charge is 0.385 e. The van der Waals surface area contributed by atoms with Crippen molar-refractivity contribution in [2.75, 3.05) is 26.0 Å². The molecule has 152 valence electrons. The first kappa shape index (κ1) is 21.6. The Balaban J connectivity index is 1.83. The minimum absolute atomic E-state index is 0.00224. The maximum absolute atomic E-state index is 14.1. The number of amides is 1. The van der Waals surface area contributed by atoms with Gasteiger partial charge in [0.1, 0.15) is 5.82 Å². The van der Waals surface area contributed by atoms with Gasteiger partial charge in [0, 0.05) is 32.4 Å². The van der Waals surface area contributed by atoms with Gasteiger partial charge in [-0.3, -0.25) is 4.79 Å². The van der Waals surface area contributed by atoms with Gasteiger partial charge in [0.15, 0.2) is 0 Å². The molecule has 1 amide bonds. The third kappa shape index (κ3) is 5.90. The maximum Gasteiger partial charge on any atom is 0.256 e. The van der Waals surface area contributed by atoms with Crippen LogP contribution in [0.5, 0.6) is 0 Å². The molecular formula is C19H30FN3O3S. The van der Waals surface area contributed by atoms with Crippen molar-refractivity contribution in [1.82, 2.24) is 9.62 Å². The molecule has 1 saturated carbocycles. The highest BCUT2D eigenvalue weighted by Gasteiger charge is 2.26. The molecule has 1 aromatic carbocycles. The summed E-state index contributed by atoms with van der Waals surface area (Å²) in [6.45, 7) is 4.05. The van der Waals surface area contributed by atoms with Crippen LogP contribution in [0.25, 0.3) is 0 Å². The highest BCUT2D eigenvalue weighted by Crippen LogP contribution is 2.26. The lowest BCUT2D eigenvalue weighted by Gasteiger charge is -2.29. The van der Waals surface area contributed by atoms with Crippen LogP contribution in [-0.2, 0) is 10.0 Å². The molecule has 0 spiro atoms. The predicted octanol–water partition coefficient (Wildman–Crippen LogP) is 2.83. The number of carbonyl (C=O) groups is 1. The van der Waals surface area contributed by atoms with Crippen molar-refractivity contribution < 1.29 is 17.6 Å². The molecule has 1 aliphatic rings. The first-order valence-corrected chi connectivity index (χ1v) is 10.9. The fourth-order valence-electron chi connectivity index (χ4n) is 3.15. The van der Waals surface area contributed by atoms with Crippen LogP contribution in [0.4, 0.5) is 10.1 Å². The van der Waals surface area contributed by atoms with E-state index in [2.05, 4.69) is 10.0 Å². The van der Waals surface area contributed by atoms with Gasteiger partial charge in [-0.2, -0.15) is 0 Å². The number of sulfonamides is 1. The van der Waals surface area contributed by atoms with E-state index >= 15 is 0 Å². The highest BCUT2D eigenvalue weighted by atomic mass is 32.2. The number of hydrogen-bond donors (Lipinski definition) is 2. The van der Waals surface area contributed by atoms with E-state index in [0.717, 1.165) is 25.7 Å². The van der Waals surface area contributed by atoms with Gasteiger partial charge in [0.05, 0.1) is 10.8 Å². The van der Waals surface area contributed by atoms with Crippen molar-refractivity contribution in [1.29, 1.82) is 0 Å². The van der Waals surface area contributed by atoms with Gasteiger partial charge in [-0.15, -0.1) is 0 Å². The van der Waals surface area contributed by atoms with Gasteiger partial charge in [0.2, 0.25) is 10.0 Å². The molecule has 0 bridgehead atoms. The molecule has 2 N–H and O–H groups in total. The fraction of sp³-hybridized carbons (Fsp3) is 0.632. The van der Waals surface area contributed by atoms with E-state index in [4.69, 9.17) is 0 Å². The number of nitrogens with zero attached hydrogens (tertiary/aromatic N) is 1. The van der Waals surface area contributed by atoms with Crippen LogP contribution in [0, 0.1) is 11.7 Å². The third-order valence-electron chi connectivity index (χ3n) is 5.00. The van der Waals surface area contributed by atoms with E-state index in [1.54, 1.807) is 34.0 Å². The molecule has 0 radical (unpaired) electrons. The summed E-state index contributed by atoms with van der Waals surface area (Å²) in [6.07, 6.45) is 3.45. The Bertz CT molecular complexity index is 757. The quantitative estimate of drug-likeness (QED) is 0.739. The lowest BCUT2D eigenvalue weighted by Crippen LogP contribution is -2.41. The predicted molar refractivity (Wildman–Crippen MR) is 106 cm³/mol. The molecule has 0 aliphatic heterocycles. The lowest BCUT2D eigenvalue weighted by molar-refractivity contribution is 0.0823. The molecule has 0 unspecified atom stereocenters. The zero-order chi connectivity index (χ0) is 20.2. The normalized spacial score (nSPS) is 20.5. The Morgan fingerprint density at radius 3 is 2.37 bits per heavy atom. The van der Waals surface area contributed by atoms with Gasteiger partial charge >= 0.3 is 0 Å². The number of carbonyl (C=O) groups excluding carboxylic acids is 1. The summed E-state index contributed by atoms with van der Waals surface area (Å²) < 4.78 is 40.8. The smallest absolute Gasteiger partial charge is 0.256 e. The van der Waals surface area contributed by atoms with E-state index in [0.29, 0.717) is 18.2 Å². The number of benzene rings is 1. The Morgan fingerprint density at radius 1 is 1.22 bits per heavy atom. The average molecular weight is 400 g/mol. The van der Waals surface area contributed by atoms with Crippen LogP contribution in [0.15, 0.2) is 18.2 Å². The molecule has 2 rings (SSSR count). The minimum Gasteiger partial charge on any atom is -0.385 e. The number of rotatable bonds is 7. The summed E-state index contributed by atoms with van der Waals surface area (Å²) in [5, 5.41) is 2.81. The van der Waals surface area contributed by atoms with E-state index in [-0.39, 0.29) is 17.5 Å². The fourth-order valence-corrected chi connectivity index (χ4v) is 4.13. The summed E-state index contributed by atoms with van der Waals surface area (Å²) in [5.74, 6) is -0.484. The first-order chi connectivity index (χ1) is 12.6. The Morgan fingerprint density at radius 2 is 1.85 bits per heavy atom. The number of anilines is 1. The molecular weight excluding hydrogens is 369 g/mol.